The first-order valence-corrected chi connectivity index (χ1v) is 4.14. The second-order valence-corrected chi connectivity index (χ2v) is 2.73. The number of nitro groups is 1. The highest BCUT2D eigenvalue weighted by Gasteiger charge is 2.12. The topological polar surface area (TPSA) is 80.7 Å². The molecule has 0 bridgehead atoms. The molecule has 0 aliphatic carbocycles. The van der Waals surface area contributed by atoms with Crippen LogP contribution in [0.2, 0.25) is 0 Å². The van der Waals surface area contributed by atoms with Crippen molar-refractivity contribution in [2.24, 2.45) is 4.99 Å². The Morgan fingerprint density at radius 2 is 2.36 bits per heavy atom. The van der Waals surface area contributed by atoms with Gasteiger partial charge in [0.2, 0.25) is 0 Å². The summed E-state index contributed by atoms with van der Waals surface area (Å²) in [6.45, 7) is 3.81. The van der Waals surface area contributed by atoms with Gasteiger partial charge < -0.3 is 5.21 Å². The van der Waals surface area contributed by atoms with Gasteiger partial charge in [0, 0.05) is 12.6 Å². The van der Waals surface area contributed by atoms with Crippen LogP contribution in [-0.4, -0.2) is 21.4 Å². The zero-order chi connectivity index (χ0) is 10.7. The van der Waals surface area contributed by atoms with E-state index in [1.165, 1.54) is 12.3 Å². The van der Waals surface area contributed by atoms with E-state index in [1.807, 2.05) is 0 Å². The van der Waals surface area contributed by atoms with Gasteiger partial charge in [-0.25, -0.2) is 0 Å². The fourth-order valence-corrected chi connectivity index (χ4v) is 1.16. The highest BCUT2D eigenvalue weighted by molar-refractivity contribution is 5.35. The SMILES string of the molecule is CCN=c1c(C)c([N+](=O)[O-])ccn1O. The normalized spacial score (nSPS) is 11.7. The van der Waals surface area contributed by atoms with E-state index < -0.39 is 4.92 Å². The lowest BCUT2D eigenvalue weighted by Crippen LogP contribution is -2.22. The second kappa shape index (κ2) is 3.91. The number of hydrogen-bond acceptors (Lipinski definition) is 4. The van der Waals surface area contributed by atoms with Crippen LogP contribution in [0.15, 0.2) is 17.3 Å². The average Bonchev–Trinajstić information content (AvgIpc) is 2.11. The largest absolute Gasteiger partial charge is 0.427 e. The monoisotopic (exact) mass is 197 g/mol. The average molecular weight is 197 g/mol. The third-order valence-corrected chi connectivity index (χ3v) is 1.81. The van der Waals surface area contributed by atoms with Crippen LogP contribution >= 0.6 is 0 Å². The summed E-state index contributed by atoms with van der Waals surface area (Å²) < 4.78 is 0.784. The molecule has 1 aromatic heterocycles. The van der Waals surface area contributed by atoms with Crippen molar-refractivity contribution in [3.8, 4) is 0 Å². The Bertz CT molecular complexity index is 422. The van der Waals surface area contributed by atoms with E-state index in [-0.39, 0.29) is 11.2 Å². The zero-order valence-corrected chi connectivity index (χ0v) is 7.97. The molecule has 1 N–H and O–H groups in total. The summed E-state index contributed by atoms with van der Waals surface area (Å²) in [5.41, 5.74) is 0.547. The zero-order valence-electron chi connectivity index (χ0n) is 7.97. The summed E-state index contributed by atoms with van der Waals surface area (Å²) in [4.78, 5) is 14.0. The summed E-state index contributed by atoms with van der Waals surface area (Å²) >= 11 is 0. The lowest BCUT2D eigenvalue weighted by Gasteiger charge is -2.01. The summed E-state index contributed by atoms with van der Waals surface area (Å²) in [7, 11) is 0. The molecule has 6 nitrogen and oxygen atoms in total. The highest BCUT2D eigenvalue weighted by atomic mass is 16.6. The molecule has 6 heteroatoms. The van der Waals surface area contributed by atoms with Gasteiger partial charge in [-0.3, -0.25) is 15.1 Å². The molecule has 1 rings (SSSR count). The van der Waals surface area contributed by atoms with Gasteiger partial charge in [0.25, 0.3) is 5.69 Å². The summed E-state index contributed by atoms with van der Waals surface area (Å²) in [6.07, 6.45) is 1.21. The first-order chi connectivity index (χ1) is 6.57. The first-order valence-electron chi connectivity index (χ1n) is 4.14. The minimum atomic E-state index is -0.496. The molecule has 0 radical (unpaired) electrons. The summed E-state index contributed by atoms with van der Waals surface area (Å²) in [6, 6.07) is 1.24. The predicted molar refractivity (Wildman–Crippen MR) is 49.1 cm³/mol. The minimum absolute atomic E-state index is 0.0394. The van der Waals surface area contributed by atoms with Crippen LogP contribution < -0.4 is 5.49 Å². The Morgan fingerprint density at radius 3 is 2.86 bits per heavy atom. The van der Waals surface area contributed by atoms with Gasteiger partial charge in [0.15, 0.2) is 5.49 Å². The lowest BCUT2D eigenvalue weighted by atomic mass is 10.2. The fraction of sp³-hybridized carbons (Fsp3) is 0.375. The second-order valence-electron chi connectivity index (χ2n) is 2.73. The molecule has 0 amide bonds. The van der Waals surface area contributed by atoms with Crippen molar-refractivity contribution in [1.29, 1.82) is 0 Å². The Labute approximate surface area is 80.3 Å². The maximum atomic E-state index is 10.6. The molecule has 0 atom stereocenters. The molecule has 76 valence electrons. The van der Waals surface area contributed by atoms with E-state index >= 15 is 0 Å². The minimum Gasteiger partial charge on any atom is -0.427 e. The van der Waals surface area contributed by atoms with Gasteiger partial charge in [0.1, 0.15) is 0 Å². The van der Waals surface area contributed by atoms with Crippen molar-refractivity contribution in [3.63, 3.8) is 0 Å². The maximum Gasteiger partial charge on any atom is 0.277 e. The van der Waals surface area contributed by atoms with Gasteiger partial charge in [0.05, 0.1) is 16.7 Å². The Balaban J connectivity index is 3.49. The Hall–Kier alpha value is -1.85. The molecule has 0 aliphatic heterocycles. The van der Waals surface area contributed by atoms with E-state index in [0.29, 0.717) is 12.1 Å². The van der Waals surface area contributed by atoms with E-state index in [2.05, 4.69) is 4.99 Å². The number of pyridine rings is 1. The quantitative estimate of drug-likeness (QED) is 0.433. The van der Waals surface area contributed by atoms with Crippen LogP contribution in [0.5, 0.6) is 0 Å². The molecular formula is C8H11N3O3. The summed E-state index contributed by atoms with van der Waals surface area (Å²) in [5, 5.41) is 19.9. The van der Waals surface area contributed by atoms with Crippen LogP contribution in [0.4, 0.5) is 5.69 Å². The van der Waals surface area contributed by atoms with Gasteiger partial charge in [-0.15, -0.1) is 0 Å². The number of nitrogens with zero attached hydrogens (tertiary/aromatic N) is 3. The summed E-state index contributed by atoms with van der Waals surface area (Å²) in [5.74, 6) is 0. The number of aromatic nitrogens is 1. The van der Waals surface area contributed by atoms with E-state index in [1.54, 1.807) is 13.8 Å². The van der Waals surface area contributed by atoms with Crippen molar-refractivity contribution in [2.75, 3.05) is 6.54 Å². The molecule has 0 spiro atoms. The van der Waals surface area contributed by atoms with Crippen LogP contribution in [0, 0.1) is 17.0 Å². The van der Waals surface area contributed by atoms with Crippen molar-refractivity contribution >= 4 is 5.69 Å². The number of rotatable bonds is 2. The molecule has 0 saturated carbocycles. The molecule has 0 unspecified atom stereocenters. The van der Waals surface area contributed by atoms with E-state index in [9.17, 15) is 15.3 Å². The van der Waals surface area contributed by atoms with Crippen molar-refractivity contribution < 1.29 is 10.1 Å². The molecular weight excluding hydrogens is 186 g/mol. The van der Waals surface area contributed by atoms with Gasteiger partial charge >= 0.3 is 0 Å². The Morgan fingerprint density at radius 1 is 1.71 bits per heavy atom. The standard InChI is InChI=1S/C8H11N3O3/c1-3-9-8-6(2)7(11(13)14)4-5-10(8)12/h4-5,12H,3H2,1-2H3. The molecule has 1 heterocycles. The van der Waals surface area contributed by atoms with Crippen molar-refractivity contribution in [3.05, 3.63) is 33.4 Å². The van der Waals surface area contributed by atoms with Gasteiger partial charge in [-0.05, 0) is 13.8 Å². The van der Waals surface area contributed by atoms with Crippen LogP contribution in [0.3, 0.4) is 0 Å². The molecule has 0 aliphatic rings. The Kier molecular flexibility index (Phi) is 2.85. The van der Waals surface area contributed by atoms with Crippen molar-refractivity contribution in [1.82, 2.24) is 4.73 Å². The van der Waals surface area contributed by atoms with Crippen LogP contribution in [0.1, 0.15) is 12.5 Å². The van der Waals surface area contributed by atoms with E-state index in [4.69, 9.17) is 0 Å². The van der Waals surface area contributed by atoms with Gasteiger partial charge in [-0.1, -0.05) is 0 Å². The third-order valence-electron chi connectivity index (χ3n) is 1.81. The van der Waals surface area contributed by atoms with Gasteiger partial charge in [-0.2, -0.15) is 4.73 Å². The lowest BCUT2D eigenvalue weighted by molar-refractivity contribution is -0.385. The molecule has 0 aromatic carbocycles. The molecule has 14 heavy (non-hydrogen) atoms. The van der Waals surface area contributed by atoms with Crippen LogP contribution in [-0.2, 0) is 0 Å². The molecule has 0 fully saturated rings. The van der Waals surface area contributed by atoms with E-state index in [0.717, 1.165) is 4.73 Å². The number of hydrogen-bond donors (Lipinski definition) is 1. The smallest absolute Gasteiger partial charge is 0.277 e. The fourth-order valence-electron chi connectivity index (χ4n) is 1.16. The molecule has 0 saturated heterocycles. The van der Waals surface area contributed by atoms with Crippen molar-refractivity contribution in [2.45, 2.75) is 13.8 Å². The highest BCUT2D eigenvalue weighted by Crippen LogP contribution is 2.11. The maximum absolute atomic E-state index is 10.6. The molecule has 1 aromatic rings. The third kappa shape index (κ3) is 1.73. The first kappa shape index (κ1) is 10.2. The van der Waals surface area contributed by atoms with Crippen LogP contribution in [0.25, 0.3) is 0 Å². The predicted octanol–water partition coefficient (Wildman–Crippen LogP) is 0.863.